The van der Waals surface area contributed by atoms with Gasteiger partial charge >= 0.3 is 0 Å². The third-order valence-electron chi connectivity index (χ3n) is 3.56. The zero-order chi connectivity index (χ0) is 16.9. The zero-order valence-electron chi connectivity index (χ0n) is 13.5. The maximum atomic E-state index is 12.4. The van der Waals surface area contributed by atoms with Gasteiger partial charge in [-0.25, -0.2) is 13.1 Å². The van der Waals surface area contributed by atoms with Crippen LogP contribution < -0.4 is 14.2 Å². The molecule has 0 aliphatic rings. The van der Waals surface area contributed by atoms with Gasteiger partial charge in [0.1, 0.15) is 0 Å². The van der Waals surface area contributed by atoms with Crippen LogP contribution in [0.1, 0.15) is 18.1 Å². The molecule has 23 heavy (non-hydrogen) atoms. The molecule has 2 aromatic carbocycles. The molecule has 0 amide bonds. The molecule has 2 rings (SSSR count). The number of hydrogen-bond donors (Lipinski definition) is 1. The Morgan fingerprint density at radius 3 is 2.09 bits per heavy atom. The number of methoxy groups -OCH3 is 2. The SMILES string of the molecule is CCc1ccc(CNS(=O)(=O)c2ccc(OC)c(OC)c2)cc1. The van der Waals surface area contributed by atoms with Crippen LogP contribution in [0.4, 0.5) is 0 Å². The van der Waals surface area contributed by atoms with E-state index in [9.17, 15) is 8.42 Å². The van der Waals surface area contributed by atoms with Crippen LogP contribution in [0.3, 0.4) is 0 Å². The fourth-order valence-corrected chi connectivity index (χ4v) is 3.17. The molecule has 0 saturated heterocycles. The largest absolute Gasteiger partial charge is 0.493 e. The molecule has 0 fully saturated rings. The van der Waals surface area contributed by atoms with Crippen LogP contribution in [-0.4, -0.2) is 22.6 Å². The quantitative estimate of drug-likeness (QED) is 0.845. The Hall–Kier alpha value is -2.05. The minimum Gasteiger partial charge on any atom is -0.493 e. The maximum absolute atomic E-state index is 12.4. The molecule has 0 aliphatic carbocycles. The Morgan fingerprint density at radius 1 is 0.913 bits per heavy atom. The molecule has 6 heteroatoms. The number of hydrogen-bond acceptors (Lipinski definition) is 4. The summed E-state index contributed by atoms with van der Waals surface area (Å²) >= 11 is 0. The van der Waals surface area contributed by atoms with Crippen molar-refractivity contribution in [3.63, 3.8) is 0 Å². The first-order chi connectivity index (χ1) is 11.0. The van der Waals surface area contributed by atoms with E-state index < -0.39 is 10.0 Å². The Kier molecular flexibility index (Phi) is 5.63. The summed E-state index contributed by atoms with van der Waals surface area (Å²) in [5.41, 5.74) is 2.13. The van der Waals surface area contributed by atoms with Gasteiger partial charge in [0, 0.05) is 12.6 Å². The van der Waals surface area contributed by atoms with Gasteiger partial charge in [-0.3, -0.25) is 0 Å². The summed E-state index contributed by atoms with van der Waals surface area (Å²) in [5.74, 6) is 0.865. The number of ether oxygens (including phenoxy) is 2. The average molecular weight is 335 g/mol. The van der Waals surface area contributed by atoms with Crippen molar-refractivity contribution in [2.24, 2.45) is 0 Å². The minimum absolute atomic E-state index is 0.139. The minimum atomic E-state index is -3.62. The van der Waals surface area contributed by atoms with Crippen molar-refractivity contribution in [2.45, 2.75) is 24.8 Å². The molecule has 0 unspecified atom stereocenters. The highest BCUT2D eigenvalue weighted by molar-refractivity contribution is 7.89. The van der Waals surface area contributed by atoms with E-state index in [1.807, 2.05) is 24.3 Å². The maximum Gasteiger partial charge on any atom is 0.241 e. The second-order valence-electron chi connectivity index (χ2n) is 5.01. The third-order valence-corrected chi connectivity index (χ3v) is 4.96. The highest BCUT2D eigenvalue weighted by atomic mass is 32.2. The van der Waals surface area contributed by atoms with Crippen molar-refractivity contribution in [1.82, 2.24) is 4.72 Å². The summed E-state index contributed by atoms with van der Waals surface area (Å²) in [6.45, 7) is 2.31. The van der Waals surface area contributed by atoms with Crippen molar-refractivity contribution < 1.29 is 17.9 Å². The lowest BCUT2D eigenvalue weighted by Gasteiger charge is -2.11. The zero-order valence-corrected chi connectivity index (χ0v) is 14.3. The van der Waals surface area contributed by atoms with Crippen LogP contribution in [-0.2, 0) is 23.0 Å². The van der Waals surface area contributed by atoms with Crippen molar-refractivity contribution in [2.75, 3.05) is 14.2 Å². The number of aryl methyl sites for hydroxylation is 1. The van der Waals surface area contributed by atoms with Crippen molar-refractivity contribution in [3.05, 3.63) is 53.6 Å². The normalized spacial score (nSPS) is 11.3. The second-order valence-corrected chi connectivity index (χ2v) is 6.78. The van der Waals surface area contributed by atoms with Crippen LogP contribution in [0.15, 0.2) is 47.4 Å². The first kappa shape index (κ1) is 17.3. The molecule has 0 aromatic heterocycles. The summed E-state index contributed by atoms with van der Waals surface area (Å²) in [6.07, 6.45) is 0.956. The first-order valence-corrected chi connectivity index (χ1v) is 8.78. The lowest BCUT2D eigenvalue weighted by molar-refractivity contribution is 0.354. The van der Waals surface area contributed by atoms with Crippen molar-refractivity contribution >= 4 is 10.0 Å². The Balaban J connectivity index is 2.14. The third kappa shape index (κ3) is 4.24. The molecule has 0 aliphatic heterocycles. The second kappa shape index (κ2) is 7.48. The predicted molar refractivity (Wildman–Crippen MR) is 89.4 cm³/mol. The number of benzene rings is 2. The van der Waals surface area contributed by atoms with Gasteiger partial charge in [0.2, 0.25) is 10.0 Å². The summed E-state index contributed by atoms with van der Waals surface area (Å²) in [6, 6.07) is 12.4. The van der Waals surface area contributed by atoms with Crippen LogP contribution in [0.2, 0.25) is 0 Å². The molecule has 1 N–H and O–H groups in total. The van der Waals surface area contributed by atoms with Crippen molar-refractivity contribution in [1.29, 1.82) is 0 Å². The average Bonchev–Trinajstić information content (AvgIpc) is 2.59. The van der Waals surface area contributed by atoms with Gasteiger partial charge in [0.15, 0.2) is 11.5 Å². The Morgan fingerprint density at radius 2 is 1.52 bits per heavy atom. The van der Waals surface area contributed by atoms with Crippen LogP contribution in [0.5, 0.6) is 11.5 Å². The highest BCUT2D eigenvalue weighted by Crippen LogP contribution is 2.29. The van der Waals surface area contributed by atoms with Gasteiger partial charge in [-0.2, -0.15) is 0 Å². The monoisotopic (exact) mass is 335 g/mol. The molecule has 0 bridgehead atoms. The topological polar surface area (TPSA) is 64.6 Å². The van der Waals surface area contributed by atoms with E-state index in [4.69, 9.17) is 9.47 Å². The van der Waals surface area contributed by atoms with E-state index in [2.05, 4.69) is 11.6 Å². The summed E-state index contributed by atoms with van der Waals surface area (Å²) < 4.78 is 37.6. The van der Waals surface area contributed by atoms with E-state index in [0.29, 0.717) is 11.5 Å². The summed E-state index contributed by atoms with van der Waals surface area (Å²) in [4.78, 5) is 0.139. The smallest absolute Gasteiger partial charge is 0.241 e. The highest BCUT2D eigenvalue weighted by Gasteiger charge is 2.16. The van der Waals surface area contributed by atoms with Crippen LogP contribution in [0, 0.1) is 0 Å². The fourth-order valence-electron chi connectivity index (χ4n) is 2.14. The molecule has 0 heterocycles. The standard InChI is InChI=1S/C17H21NO4S/c1-4-13-5-7-14(8-6-13)12-18-23(19,20)15-9-10-16(21-2)17(11-15)22-3/h5-11,18H,4,12H2,1-3H3. The van der Waals surface area contributed by atoms with E-state index >= 15 is 0 Å². The predicted octanol–water partition coefficient (Wildman–Crippen LogP) is 2.74. The number of rotatable bonds is 7. The van der Waals surface area contributed by atoms with Crippen LogP contribution in [0.25, 0.3) is 0 Å². The van der Waals surface area contributed by atoms with E-state index in [1.165, 1.54) is 31.9 Å². The molecular formula is C17H21NO4S. The molecule has 2 aromatic rings. The van der Waals surface area contributed by atoms with E-state index in [-0.39, 0.29) is 11.4 Å². The number of nitrogens with one attached hydrogen (secondary N) is 1. The van der Waals surface area contributed by atoms with Crippen molar-refractivity contribution in [3.8, 4) is 11.5 Å². The lowest BCUT2D eigenvalue weighted by Crippen LogP contribution is -2.23. The van der Waals surface area contributed by atoms with Gasteiger partial charge in [0.25, 0.3) is 0 Å². The lowest BCUT2D eigenvalue weighted by atomic mass is 10.1. The van der Waals surface area contributed by atoms with Gasteiger partial charge in [-0.05, 0) is 29.7 Å². The van der Waals surface area contributed by atoms with Crippen LogP contribution >= 0.6 is 0 Å². The molecule has 124 valence electrons. The first-order valence-electron chi connectivity index (χ1n) is 7.29. The Bertz CT molecular complexity index is 755. The van der Waals surface area contributed by atoms with Gasteiger partial charge < -0.3 is 9.47 Å². The van der Waals surface area contributed by atoms with E-state index in [0.717, 1.165) is 12.0 Å². The Labute approximate surface area is 137 Å². The fraction of sp³-hybridized carbons (Fsp3) is 0.294. The molecule has 0 spiro atoms. The van der Waals surface area contributed by atoms with E-state index in [1.54, 1.807) is 6.07 Å². The summed E-state index contributed by atoms with van der Waals surface area (Å²) in [7, 11) is -0.644. The van der Waals surface area contributed by atoms with Gasteiger partial charge in [0.05, 0.1) is 19.1 Å². The molecule has 0 saturated carbocycles. The molecule has 0 radical (unpaired) electrons. The van der Waals surface area contributed by atoms with Gasteiger partial charge in [-0.15, -0.1) is 0 Å². The van der Waals surface area contributed by atoms with Gasteiger partial charge in [-0.1, -0.05) is 31.2 Å². The number of sulfonamides is 1. The molecular weight excluding hydrogens is 314 g/mol. The molecule has 0 atom stereocenters. The summed E-state index contributed by atoms with van der Waals surface area (Å²) in [5, 5.41) is 0. The molecule has 5 nitrogen and oxygen atoms in total.